The molecular formula is C17H23N3. The van der Waals surface area contributed by atoms with Crippen LogP contribution in [-0.4, -0.2) is 16.5 Å². The highest BCUT2D eigenvalue weighted by Crippen LogP contribution is 2.27. The van der Waals surface area contributed by atoms with Crippen LogP contribution >= 0.6 is 0 Å². The van der Waals surface area contributed by atoms with E-state index in [1.165, 1.54) is 24.8 Å². The summed E-state index contributed by atoms with van der Waals surface area (Å²) in [6.07, 6.45) is 4.16. The number of aromatic nitrogens is 2. The summed E-state index contributed by atoms with van der Waals surface area (Å²) < 4.78 is 0. The summed E-state index contributed by atoms with van der Waals surface area (Å²) in [7, 11) is 0. The van der Waals surface area contributed by atoms with Gasteiger partial charge in [-0.15, -0.1) is 0 Å². The van der Waals surface area contributed by atoms with E-state index in [9.17, 15) is 0 Å². The second-order valence-corrected chi connectivity index (χ2v) is 5.89. The summed E-state index contributed by atoms with van der Waals surface area (Å²) in [6.45, 7) is 5.39. The van der Waals surface area contributed by atoms with Gasteiger partial charge in [0.05, 0.1) is 11.7 Å². The van der Waals surface area contributed by atoms with Crippen LogP contribution in [0.5, 0.6) is 0 Å². The van der Waals surface area contributed by atoms with E-state index in [4.69, 9.17) is 4.98 Å². The molecule has 0 amide bonds. The molecule has 0 aliphatic heterocycles. The Bertz CT molecular complexity index is 555. The maximum Gasteiger partial charge on any atom is 0.123 e. The molecule has 1 aromatic heterocycles. The van der Waals surface area contributed by atoms with Gasteiger partial charge in [0, 0.05) is 11.3 Å². The third kappa shape index (κ3) is 2.78. The van der Waals surface area contributed by atoms with Gasteiger partial charge in [-0.1, -0.05) is 36.8 Å². The minimum absolute atomic E-state index is 0.284. The van der Waals surface area contributed by atoms with Crippen molar-refractivity contribution in [1.29, 1.82) is 0 Å². The zero-order chi connectivity index (χ0) is 13.9. The van der Waals surface area contributed by atoms with Crippen LogP contribution in [0.15, 0.2) is 30.3 Å². The highest BCUT2D eigenvalue weighted by molar-refractivity contribution is 5.61. The number of aryl methyl sites for hydroxylation is 1. The topological polar surface area (TPSA) is 40.7 Å². The average Bonchev–Trinajstić information content (AvgIpc) is 2.80. The van der Waals surface area contributed by atoms with Crippen LogP contribution in [0.4, 0.5) is 0 Å². The van der Waals surface area contributed by atoms with Gasteiger partial charge in [-0.2, -0.15) is 0 Å². The fourth-order valence-corrected chi connectivity index (χ4v) is 2.70. The van der Waals surface area contributed by atoms with Crippen molar-refractivity contribution in [1.82, 2.24) is 15.3 Å². The van der Waals surface area contributed by atoms with Gasteiger partial charge in [0.15, 0.2) is 0 Å². The summed E-state index contributed by atoms with van der Waals surface area (Å²) in [5, 5.41) is 3.60. The molecule has 1 atom stereocenters. The number of benzene rings is 1. The molecule has 0 radical (unpaired) electrons. The van der Waals surface area contributed by atoms with E-state index < -0.39 is 0 Å². The van der Waals surface area contributed by atoms with Crippen LogP contribution in [0.1, 0.15) is 43.7 Å². The Balaban J connectivity index is 1.71. The van der Waals surface area contributed by atoms with Gasteiger partial charge in [0.25, 0.3) is 0 Å². The Hall–Kier alpha value is -1.61. The molecule has 1 fully saturated rings. The lowest BCUT2D eigenvalue weighted by molar-refractivity contribution is 0.291. The van der Waals surface area contributed by atoms with E-state index in [0.29, 0.717) is 0 Å². The van der Waals surface area contributed by atoms with Gasteiger partial charge < -0.3 is 10.3 Å². The summed E-state index contributed by atoms with van der Waals surface area (Å²) in [5.41, 5.74) is 3.39. The molecule has 1 aromatic carbocycles. The fraction of sp³-hybridized carbons (Fsp3) is 0.471. The van der Waals surface area contributed by atoms with E-state index in [-0.39, 0.29) is 6.04 Å². The average molecular weight is 269 g/mol. The summed E-state index contributed by atoms with van der Waals surface area (Å²) in [5.74, 6) is 1.92. The second kappa shape index (κ2) is 5.80. The smallest absolute Gasteiger partial charge is 0.123 e. The Morgan fingerprint density at radius 3 is 2.70 bits per heavy atom. The van der Waals surface area contributed by atoms with Crippen molar-refractivity contribution < 1.29 is 0 Å². The lowest BCUT2D eigenvalue weighted by Crippen LogP contribution is -2.29. The first-order valence-electron chi connectivity index (χ1n) is 7.59. The third-order valence-corrected chi connectivity index (χ3v) is 4.30. The summed E-state index contributed by atoms with van der Waals surface area (Å²) in [4.78, 5) is 8.21. The Kier molecular flexibility index (Phi) is 3.88. The largest absolute Gasteiger partial charge is 0.344 e. The van der Waals surface area contributed by atoms with Crippen molar-refractivity contribution in [2.45, 2.75) is 39.2 Å². The number of H-pyrrole nitrogens is 1. The van der Waals surface area contributed by atoms with E-state index >= 15 is 0 Å². The SMILES string of the molecule is Cc1[nH]c(C(C)NCC2CCC2)nc1-c1ccccc1. The molecule has 0 bridgehead atoms. The first kappa shape index (κ1) is 13.4. The van der Waals surface area contributed by atoms with Gasteiger partial charge in [-0.3, -0.25) is 0 Å². The van der Waals surface area contributed by atoms with Crippen LogP contribution in [0.2, 0.25) is 0 Å². The Morgan fingerprint density at radius 2 is 2.05 bits per heavy atom. The number of hydrogen-bond acceptors (Lipinski definition) is 2. The molecule has 0 spiro atoms. The maximum absolute atomic E-state index is 4.78. The first-order valence-corrected chi connectivity index (χ1v) is 7.59. The molecule has 2 N–H and O–H groups in total. The molecule has 1 aliphatic rings. The predicted molar refractivity (Wildman–Crippen MR) is 82.5 cm³/mol. The minimum Gasteiger partial charge on any atom is -0.344 e. The molecule has 1 heterocycles. The van der Waals surface area contributed by atoms with E-state index in [2.05, 4.69) is 48.4 Å². The predicted octanol–water partition coefficient (Wildman–Crippen LogP) is 3.84. The number of nitrogens with one attached hydrogen (secondary N) is 2. The van der Waals surface area contributed by atoms with Crippen molar-refractivity contribution in [3.63, 3.8) is 0 Å². The molecule has 1 aliphatic carbocycles. The van der Waals surface area contributed by atoms with Crippen LogP contribution < -0.4 is 5.32 Å². The molecule has 20 heavy (non-hydrogen) atoms. The van der Waals surface area contributed by atoms with E-state index in [1.54, 1.807) is 0 Å². The minimum atomic E-state index is 0.284. The molecule has 0 saturated heterocycles. The first-order chi connectivity index (χ1) is 9.74. The maximum atomic E-state index is 4.78. The number of hydrogen-bond donors (Lipinski definition) is 2. The fourth-order valence-electron chi connectivity index (χ4n) is 2.70. The third-order valence-electron chi connectivity index (χ3n) is 4.30. The van der Waals surface area contributed by atoms with Crippen molar-refractivity contribution in [3.8, 4) is 11.3 Å². The van der Waals surface area contributed by atoms with Gasteiger partial charge in [0.2, 0.25) is 0 Å². The number of rotatable bonds is 5. The van der Waals surface area contributed by atoms with Crippen LogP contribution in [0, 0.1) is 12.8 Å². The zero-order valence-electron chi connectivity index (χ0n) is 12.3. The highest BCUT2D eigenvalue weighted by atomic mass is 15.0. The van der Waals surface area contributed by atoms with Crippen LogP contribution in [-0.2, 0) is 0 Å². The molecule has 1 saturated carbocycles. The van der Waals surface area contributed by atoms with Gasteiger partial charge >= 0.3 is 0 Å². The van der Waals surface area contributed by atoms with Gasteiger partial charge in [-0.25, -0.2) is 4.98 Å². The molecule has 1 unspecified atom stereocenters. The quantitative estimate of drug-likeness (QED) is 0.866. The lowest BCUT2D eigenvalue weighted by atomic mass is 9.85. The highest BCUT2D eigenvalue weighted by Gasteiger charge is 2.19. The molecule has 2 aromatic rings. The summed E-state index contributed by atoms with van der Waals surface area (Å²) in [6, 6.07) is 10.7. The molecular weight excluding hydrogens is 246 g/mol. The molecule has 106 valence electrons. The number of nitrogens with zero attached hydrogens (tertiary/aromatic N) is 1. The normalized spacial score (nSPS) is 16.9. The molecule has 3 nitrogen and oxygen atoms in total. The molecule has 3 rings (SSSR count). The van der Waals surface area contributed by atoms with Crippen molar-refractivity contribution in [2.24, 2.45) is 5.92 Å². The van der Waals surface area contributed by atoms with Crippen molar-refractivity contribution >= 4 is 0 Å². The monoisotopic (exact) mass is 269 g/mol. The van der Waals surface area contributed by atoms with Crippen molar-refractivity contribution in [3.05, 3.63) is 41.9 Å². The van der Waals surface area contributed by atoms with E-state index in [1.807, 2.05) is 6.07 Å². The van der Waals surface area contributed by atoms with Gasteiger partial charge in [0.1, 0.15) is 5.82 Å². The Morgan fingerprint density at radius 1 is 1.30 bits per heavy atom. The van der Waals surface area contributed by atoms with Crippen molar-refractivity contribution in [2.75, 3.05) is 6.54 Å². The second-order valence-electron chi connectivity index (χ2n) is 5.89. The molecule has 3 heteroatoms. The number of imidazole rings is 1. The summed E-state index contributed by atoms with van der Waals surface area (Å²) >= 11 is 0. The zero-order valence-corrected chi connectivity index (χ0v) is 12.3. The van der Waals surface area contributed by atoms with Crippen LogP contribution in [0.25, 0.3) is 11.3 Å². The number of aromatic amines is 1. The Labute approximate surface area is 120 Å². The lowest BCUT2D eigenvalue weighted by Gasteiger charge is -2.26. The standard InChI is InChI=1S/C17H23N3/c1-12-16(15-9-4-3-5-10-15)20-17(19-12)13(2)18-11-14-7-6-8-14/h3-5,9-10,13-14,18H,6-8,11H2,1-2H3,(H,19,20). The van der Waals surface area contributed by atoms with E-state index in [0.717, 1.165) is 29.7 Å². The van der Waals surface area contributed by atoms with Gasteiger partial charge in [-0.05, 0) is 39.2 Å². The van der Waals surface area contributed by atoms with Crippen LogP contribution in [0.3, 0.4) is 0 Å².